The molecule has 0 aliphatic heterocycles. The van der Waals surface area contributed by atoms with Crippen LogP contribution in [0.15, 0.2) is 24.3 Å². The summed E-state index contributed by atoms with van der Waals surface area (Å²) in [5.41, 5.74) is 0.269. The Bertz CT molecular complexity index is 445. The third-order valence-corrected chi connectivity index (χ3v) is 2.85. The van der Waals surface area contributed by atoms with Crippen LogP contribution in [0.2, 0.25) is 0 Å². The van der Waals surface area contributed by atoms with E-state index in [1.165, 1.54) is 0 Å². The van der Waals surface area contributed by atoms with E-state index in [0.717, 1.165) is 11.3 Å². The smallest absolute Gasteiger partial charge is 0.329 e. The van der Waals surface area contributed by atoms with Gasteiger partial charge in [0.05, 0.1) is 6.61 Å². The molecule has 0 aromatic heterocycles. The largest absolute Gasteiger partial charge is 0.491 e. The number of hydrogen-bond acceptors (Lipinski definition) is 4. The Balaban J connectivity index is 2.76. The normalized spacial score (nSPS) is 13.9. The number of hydrogen-bond donors (Lipinski definition) is 1. The standard InChI is InChI=1S/C16H25NO3/c1-6-19-15(18)16(5,17-12(2)3)11-20-14-9-7-8-13(4)10-14/h7-10,12,17H,6,11H2,1-5H3. The van der Waals surface area contributed by atoms with Crippen molar-refractivity contribution in [1.29, 1.82) is 0 Å². The first-order valence-electron chi connectivity index (χ1n) is 7.02. The van der Waals surface area contributed by atoms with Gasteiger partial charge in [-0.1, -0.05) is 12.1 Å². The summed E-state index contributed by atoms with van der Waals surface area (Å²) in [6, 6.07) is 7.92. The molecule has 0 spiro atoms. The molecule has 112 valence electrons. The Labute approximate surface area is 121 Å². The first kappa shape index (κ1) is 16.5. The summed E-state index contributed by atoms with van der Waals surface area (Å²) in [5, 5.41) is 3.23. The zero-order valence-corrected chi connectivity index (χ0v) is 13.0. The molecule has 0 amide bonds. The summed E-state index contributed by atoms with van der Waals surface area (Å²) in [6.45, 7) is 10.2. The van der Waals surface area contributed by atoms with Gasteiger partial charge in [0.1, 0.15) is 17.9 Å². The predicted molar refractivity (Wildman–Crippen MR) is 80.0 cm³/mol. The molecule has 1 N–H and O–H groups in total. The van der Waals surface area contributed by atoms with Gasteiger partial charge in [-0.15, -0.1) is 0 Å². The molecule has 1 rings (SSSR count). The molecule has 1 aromatic carbocycles. The van der Waals surface area contributed by atoms with Crippen LogP contribution < -0.4 is 10.1 Å². The molecule has 20 heavy (non-hydrogen) atoms. The van der Waals surface area contributed by atoms with E-state index in [1.807, 2.05) is 45.0 Å². The SMILES string of the molecule is CCOC(=O)C(C)(COc1cccc(C)c1)NC(C)C. The minimum absolute atomic E-state index is 0.158. The van der Waals surface area contributed by atoms with E-state index in [9.17, 15) is 4.79 Å². The summed E-state index contributed by atoms with van der Waals surface area (Å²) in [6.07, 6.45) is 0. The lowest BCUT2D eigenvalue weighted by molar-refractivity contribution is -0.152. The van der Waals surface area contributed by atoms with E-state index < -0.39 is 5.54 Å². The molecule has 0 bridgehead atoms. The third-order valence-electron chi connectivity index (χ3n) is 2.85. The topological polar surface area (TPSA) is 47.6 Å². The average molecular weight is 279 g/mol. The second-order valence-electron chi connectivity index (χ2n) is 5.46. The second-order valence-corrected chi connectivity index (χ2v) is 5.46. The summed E-state index contributed by atoms with van der Waals surface area (Å²) >= 11 is 0. The fourth-order valence-electron chi connectivity index (χ4n) is 2.02. The molecule has 0 aliphatic carbocycles. The fraction of sp³-hybridized carbons (Fsp3) is 0.562. The molecule has 4 heteroatoms. The van der Waals surface area contributed by atoms with Gasteiger partial charge in [-0.25, -0.2) is 4.79 Å². The van der Waals surface area contributed by atoms with Crippen LogP contribution in [0.1, 0.15) is 33.3 Å². The minimum atomic E-state index is -0.853. The van der Waals surface area contributed by atoms with E-state index in [1.54, 1.807) is 13.8 Å². The van der Waals surface area contributed by atoms with Crippen molar-refractivity contribution >= 4 is 5.97 Å². The number of benzene rings is 1. The molecule has 4 nitrogen and oxygen atoms in total. The van der Waals surface area contributed by atoms with Gasteiger partial charge >= 0.3 is 5.97 Å². The molecule has 1 atom stereocenters. The van der Waals surface area contributed by atoms with Crippen molar-refractivity contribution in [2.24, 2.45) is 0 Å². The van der Waals surface area contributed by atoms with Crippen molar-refractivity contribution in [3.8, 4) is 5.75 Å². The Morgan fingerprint density at radius 3 is 2.65 bits per heavy atom. The molecule has 0 saturated heterocycles. The van der Waals surface area contributed by atoms with Crippen molar-refractivity contribution in [3.05, 3.63) is 29.8 Å². The van der Waals surface area contributed by atoms with E-state index >= 15 is 0 Å². The molecule has 0 aliphatic rings. The van der Waals surface area contributed by atoms with E-state index in [-0.39, 0.29) is 18.6 Å². The number of aryl methyl sites for hydroxylation is 1. The van der Waals surface area contributed by atoms with Crippen LogP contribution in [0.5, 0.6) is 5.75 Å². The van der Waals surface area contributed by atoms with Crippen LogP contribution in [0.4, 0.5) is 0 Å². The van der Waals surface area contributed by atoms with Crippen molar-refractivity contribution in [1.82, 2.24) is 5.32 Å². The maximum absolute atomic E-state index is 12.1. The molecule has 1 unspecified atom stereocenters. The number of nitrogens with one attached hydrogen (secondary N) is 1. The van der Waals surface area contributed by atoms with Gasteiger partial charge in [-0.05, 0) is 52.3 Å². The van der Waals surface area contributed by atoms with Crippen LogP contribution in [0, 0.1) is 6.92 Å². The van der Waals surface area contributed by atoms with Crippen LogP contribution in [-0.4, -0.2) is 30.8 Å². The molecule has 1 aromatic rings. The van der Waals surface area contributed by atoms with Crippen molar-refractivity contribution in [3.63, 3.8) is 0 Å². The highest BCUT2D eigenvalue weighted by atomic mass is 16.5. The van der Waals surface area contributed by atoms with Crippen LogP contribution in [0.25, 0.3) is 0 Å². The van der Waals surface area contributed by atoms with Gasteiger partial charge in [0.2, 0.25) is 0 Å². The number of carbonyl (C=O) groups excluding carboxylic acids is 1. The first-order valence-corrected chi connectivity index (χ1v) is 7.02. The lowest BCUT2D eigenvalue weighted by Gasteiger charge is -2.30. The van der Waals surface area contributed by atoms with Crippen LogP contribution in [-0.2, 0) is 9.53 Å². The van der Waals surface area contributed by atoms with Crippen LogP contribution in [0.3, 0.4) is 0 Å². The van der Waals surface area contributed by atoms with Gasteiger partial charge < -0.3 is 9.47 Å². The lowest BCUT2D eigenvalue weighted by Crippen LogP contribution is -2.57. The van der Waals surface area contributed by atoms with E-state index in [2.05, 4.69) is 5.32 Å². The Kier molecular flexibility index (Phi) is 6.02. The van der Waals surface area contributed by atoms with E-state index in [0.29, 0.717) is 6.61 Å². The summed E-state index contributed by atoms with van der Waals surface area (Å²) in [4.78, 5) is 12.1. The molecular weight excluding hydrogens is 254 g/mol. The van der Waals surface area contributed by atoms with Gasteiger partial charge in [0.15, 0.2) is 0 Å². The van der Waals surface area contributed by atoms with Crippen molar-refractivity contribution in [2.45, 2.75) is 46.2 Å². The summed E-state index contributed by atoms with van der Waals surface area (Å²) in [5.74, 6) is 0.465. The van der Waals surface area contributed by atoms with Gasteiger partial charge in [-0.2, -0.15) is 0 Å². The highest BCUT2D eigenvalue weighted by Crippen LogP contribution is 2.16. The number of carbonyl (C=O) groups is 1. The lowest BCUT2D eigenvalue weighted by atomic mass is 10.0. The minimum Gasteiger partial charge on any atom is -0.491 e. The quantitative estimate of drug-likeness (QED) is 0.780. The first-order chi connectivity index (χ1) is 9.37. The predicted octanol–water partition coefficient (Wildman–Crippen LogP) is 2.69. The van der Waals surface area contributed by atoms with Crippen molar-refractivity contribution in [2.75, 3.05) is 13.2 Å². The maximum Gasteiger partial charge on any atom is 0.329 e. The van der Waals surface area contributed by atoms with E-state index in [4.69, 9.17) is 9.47 Å². The number of esters is 1. The zero-order valence-electron chi connectivity index (χ0n) is 13.0. The maximum atomic E-state index is 12.1. The molecule has 0 fully saturated rings. The highest BCUT2D eigenvalue weighted by molar-refractivity contribution is 5.80. The molecular formula is C16H25NO3. The van der Waals surface area contributed by atoms with Gasteiger partial charge in [0.25, 0.3) is 0 Å². The molecule has 0 heterocycles. The number of ether oxygens (including phenoxy) is 2. The fourth-order valence-corrected chi connectivity index (χ4v) is 2.02. The van der Waals surface area contributed by atoms with Gasteiger partial charge in [-0.3, -0.25) is 5.32 Å². The van der Waals surface area contributed by atoms with Crippen molar-refractivity contribution < 1.29 is 14.3 Å². The molecule has 0 saturated carbocycles. The zero-order chi connectivity index (χ0) is 15.2. The highest BCUT2D eigenvalue weighted by Gasteiger charge is 2.36. The number of rotatable bonds is 7. The monoisotopic (exact) mass is 279 g/mol. The Hall–Kier alpha value is -1.55. The Morgan fingerprint density at radius 1 is 1.40 bits per heavy atom. The second kappa shape index (κ2) is 7.29. The third kappa shape index (κ3) is 4.85. The van der Waals surface area contributed by atoms with Crippen LogP contribution >= 0.6 is 0 Å². The Morgan fingerprint density at radius 2 is 2.10 bits per heavy atom. The average Bonchev–Trinajstić information content (AvgIpc) is 2.36. The molecule has 0 radical (unpaired) electrons. The summed E-state index contributed by atoms with van der Waals surface area (Å²) < 4.78 is 10.9. The summed E-state index contributed by atoms with van der Waals surface area (Å²) in [7, 11) is 0. The van der Waals surface area contributed by atoms with Gasteiger partial charge in [0, 0.05) is 6.04 Å².